The summed E-state index contributed by atoms with van der Waals surface area (Å²) in [5, 5.41) is 19.0. The molecule has 0 amide bonds. The molecule has 6 nitrogen and oxygen atoms in total. The Morgan fingerprint density at radius 1 is 1.13 bits per heavy atom. The van der Waals surface area contributed by atoms with Crippen LogP contribution in [0.5, 0.6) is 5.75 Å². The number of methoxy groups -OCH3 is 2. The Bertz CT molecular complexity index is 824. The molecule has 6 heteroatoms. The van der Waals surface area contributed by atoms with E-state index in [2.05, 4.69) is 10.3 Å². The van der Waals surface area contributed by atoms with Crippen LogP contribution in [0.25, 0.3) is 16.7 Å². The van der Waals surface area contributed by atoms with E-state index in [1.165, 1.54) is 13.4 Å². The molecule has 0 saturated heterocycles. The van der Waals surface area contributed by atoms with Gasteiger partial charge in [-0.25, -0.2) is 4.68 Å². The normalized spacial score (nSPS) is 13.1. The number of hydrogen-bond acceptors (Lipinski definition) is 5. The molecule has 0 aliphatic heterocycles. The number of nitrogens with zero attached hydrogens (tertiary/aromatic N) is 3. The first kappa shape index (κ1) is 15.1. The van der Waals surface area contributed by atoms with Crippen molar-refractivity contribution in [2.24, 2.45) is 0 Å². The molecule has 0 radical (unpaired) electrons. The van der Waals surface area contributed by atoms with Gasteiger partial charge in [0.2, 0.25) is 0 Å². The second-order valence-electron chi connectivity index (χ2n) is 4.94. The third-order valence-corrected chi connectivity index (χ3v) is 3.55. The fourth-order valence-electron chi connectivity index (χ4n) is 2.37. The maximum Gasteiger partial charge on any atom is 0.124 e. The third-order valence-electron chi connectivity index (χ3n) is 3.55. The van der Waals surface area contributed by atoms with Crippen LogP contribution in [0, 0.1) is 0 Å². The van der Waals surface area contributed by atoms with E-state index in [4.69, 9.17) is 9.47 Å². The smallest absolute Gasteiger partial charge is 0.124 e. The van der Waals surface area contributed by atoms with Crippen LogP contribution in [0.2, 0.25) is 0 Å². The Labute approximate surface area is 133 Å². The molecule has 2 aromatic carbocycles. The lowest BCUT2D eigenvalue weighted by Crippen LogP contribution is -2.10. The zero-order chi connectivity index (χ0) is 16.2. The van der Waals surface area contributed by atoms with E-state index in [0.717, 1.165) is 16.8 Å². The van der Waals surface area contributed by atoms with Gasteiger partial charge in [0, 0.05) is 0 Å². The Hall–Kier alpha value is -2.86. The predicted molar refractivity (Wildman–Crippen MR) is 86.8 cm³/mol. The summed E-state index contributed by atoms with van der Waals surface area (Å²) >= 11 is 0. The number of fused-ring (bicyclic) bond motifs is 1. The summed E-state index contributed by atoms with van der Waals surface area (Å²) < 4.78 is 11.8. The largest absolute Gasteiger partial charge is 0.502 e. The highest BCUT2D eigenvalue weighted by atomic mass is 16.5. The molecule has 1 aromatic heterocycles. The molecule has 0 aliphatic rings. The number of aromatic nitrogens is 3. The van der Waals surface area contributed by atoms with E-state index in [1.54, 1.807) is 36.1 Å². The standard InChI is InChI=1S/C17H17N3O3/c1-22-11-16(17(21)12-7-9-13(23-2)10-8-12)20-15-6-4-3-5-14(15)18-19-20/h3-11,17,21H,1-2H3/b16-11-. The first-order valence-corrected chi connectivity index (χ1v) is 7.10. The van der Waals surface area contributed by atoms with Gasteiger partial charge in [0.25, 0.3) is 0 Å². The fraction of sp³-hybridized carbons (Fsp3) is 0.176. The molecule has 1 atom stereocenters. The monoisotopic (exact) mass is 311 g/mol. The highest BCUT2D eigenvalue weighted by Gasteiger charge is 2.19. The summed E-state index contributed by atoms with van der Waals surface area (Å²) in [6.45, 7) is 0. The minimum atomic E-state index is -0.911. The minimum Gasteiger partial charge on any atom is -0.502 e. The number of rotatable bonds is 5. The molecular formula is C17H17N3O3. The van der Waals surface area contributed by atoms with E-state index in [0.29, 0.717) is 11.3 Å². The Morgan fingerprint density at radius 3 is 2.57 bits per heavy atom. The topological polar surface area (TPSA) is 69.4 Å². The lowest BCUT2D eigenvalue weighted by molar-refractivity contribution is 0.223. The van der Waals surface area contributed by atoms with Crippen molar-refractivity contribution in [1.82, 2.24) is 15.0 Å². The Morgan fingerprint density at radius 2 is 1.87 bits per heavy atom. The van der Waals surface area contributed by atoms with E-state index >= 15 is 0 Å². The zero-order valence-corrected chi connectivity index (χ0v) is 12.9. The molecule has 118 valence electrons. The zero-order valence-electron chi connectivity index (χ0n) is 12.9. The quantitative estimate of drug-likeness (QED) is 0.734. The maximum absolute atomic E-state index is 10.7. The van der Waals surface area contributed by atoms with Crippen molar-refractivity contribution in [3.63, 3.8) is 0 Å². The summed E-state index contributed by atoms with van der Waals surface area (Å²) in [6.07, 6.45) is 0.557. The van der Waals surface area contributed by atoms with E-state index < -0.39 is 6.10 Å². The van der Waals surface area contributed by atoms with Gasteiger partial charge in [-0.2, -0.15) is 0 Å². The van der Waals surface area contributed by atoms with Crippen molar-refractivity contribution < 1.29 is 14.6 Å². The summed E-state index contributed by atoms with van der Waals surface area (Å²) in [5.41, 5.74) is 2.72. The van der Waals surface area contributed by atoms with Crippen molar-refractivity contribution in [1.29, 1.82) is 0 Å². The Kier molecular flexibility index (Phi) is 4.25. The highest BCUT2D eigenvalue weighted by Crippen LogP contribution is 2.28. The van der Waals surface area contributed by atoms with Crippen molar-refractivity contribution in [2.45, 2.75) is 6.10 Å². The first-order valence-electron chi connectivity index (χ1n) is 7.10. The average Bonchev–Trinajstić information content (AvgIpc) is 3.03. The lowest BCUT2D eigenvalue weighted by Gasteiger charge is -2.16. The summed E-state index contributed by atoms with van der Waals surface area (Å²) in [4.78, 5) is 0. The van der Waals surface area contributed by atoms with Crippen LogP contribution in [0.1, 0.15) is 11.7 Å². The summed E-state index contributed by atoms with van der Waals surface area (Å²) in [5.74, 6) is 0.726. The molecule has 1 N–H and O–H groups in total. The van der Waals surface area contributed by atoms with E-state index in [9.17, 15) is 5.11 Å². The molecule has 0 fully saturated rings. The van der Waals surface area contributed by atoms with Gasteiger partial charge in [0.05, 0.1) is 19.7 Å². The number of hydrogen-bond donors (Lipinski definition) is 1. The SMILES string of the molecule is CO/C=C(/C(O)c1ccc(OC)cc1)n1nnc2ccccc21. The average molecular weight is 311 g/mol. The molecule has 23 heavy (non-hydrogen) atoms. The molecular weight excluding hydrogens is 294 g/mol. The van der Waals surface area contributed by atoms with Gasteiger partial charge in [-0.1, -0.05) is 29.5 Å². The highest BCUT2D eigenvalue weighted by molar-refractivity contribution is 5.78. The number of benzene rings is 2. The van der Waals surface area contributed by atoms with Crippen LogP contribution >= 0.6 is 0 Å². The van der Waals surface area contributed by atoms with Crippen LogP contribution < -0.4 is 4.74 Å². The third kappa shape index (κ3) is 2.89. The Balaban J connectivity index is 2.02. The number of ether oxygens (including phenoxy) is 2. The van der Waals surface area contributed by atoms with Gasteiger partial charge in [-0.3, -0.25) is 0 Å². The maximum atomic E-state index is 10.7. The van der Waals surface area contributed by atoms with Crippen molar-refractivity contribution >= 4 is 16.7 Å². The van der Waals surface area contributed by atoms with Crippen molar-refractivity contribution in [3.8, 4) is 5.75 Å². The van der Waals surface area contributed by atoms with Gasteiger partial charge in [-0.15, -0.1) is 5.10 Å². The number of aliphatic hydroxyl groups is 1. The van der Waals surface area contributed by atoms with E-state index in [1.807, 2.05) is 24.3 Å². The minimum absolute atomic E-state index is 0.478. The van der Waals surface area contributed by atoms with Crippen LogP contribution in [0.15, 0.2) is 54.8 Å². The van der Waals surface area contributed by atoms with Crippen LogP contribution in [-0.2, 0) is 4.74 Å². The molecule has 0 aliphatic carbocycles. The fourth-order valence-corrected chi connectivity index (χ4v) is 2.37. The molecule has 0 bridgehead atoms. The van der Waals surface area contributed by atoms with Gasteiger partial charge >= 0.3 is 0 Å². The van der Waals surface area contributed by atoms with Crippen molar-refractivity contribution in [2.75, 3.05) is 14.2 Å². The van der Waals surface area contributed by atoms with Crippen LogP contribution in [0.3, 0.4) is 0 Å². The number of para-hydroxylation sites is 1. The van der Waals surface area contributed by atoms with E-state index in [-0.39, 0.29) is 0 Å². The van der Waals surface area contributed by atoms with Gasteiger partial charge < -0.3 is 14.6 Å². The second-order valence-corrected chi connectivity index (χ2v) is 4.94. The van der Waals surface area contributed by atoms with Gasteiger partial charge in [0.1, 0.15) is 29.3 Å². The van der Waals surface area contributed by atoms with Crippen LogP contribution in [-0.4, -0.2) is 34.3 Å². The summed E-state index contributed by atoms with van der Waals surface area (Å²) in [6, 6.07) is 14.7. The molecule has 0 saturated carbocycles. The number of aliphatic hydroxyl groups excluding tert-OH is 1. The predicted octanol–water partition coefficient (Wildman–Crippen LogP) is 2.62. The van der Waals surface area contributed by atoms with Gasteiger partial charge in [-0.05, 0) is 29.8 Å². The molecule has 1 heterocycles. The molecule has 3 aromatic rings. The van der Waals surface area contributed by atoms with Crippen molar-refractivity contribution in [3.05, 3.63) is 60.4 Å². The first-order chi connectivity index (χ1) is 11.2. The van der Waals surface area contributed by atoms with Crippen LogP contribution in [0.4, 0.5) is 0 Å². The molecule has 3 rings (SSSR count). The molecule has 0 spiro atoms. The second kappa shape index (κ2) is 6.50. The van der Waals surface area contributed by atoms with Gasteiger partial charge in [0.15, 0.2) is 0 Å². The summed E-state index contributed by atoms with van der Waals surface area (Å²) in [7, 11) is 3.13. The molecule has 1 unspecified atom stereocenters. The lowest BCUT2D eigenvalue weighted by atomic mass is 10.1.